The van der Waals surface area contributed by atoms with Crippen molar-refractivity contribution >= 4 is 29.0 Å². The summed E-state index contributed by atoms with van der Waals surface area (Å²) >= 11 is 0. The van der Waals surface area contributed by atoms with Gasteiger partial charge in [-0.1, -0.05) is 0 Å². The molecule has 10 nitrogen and oxygen atoms in total. The molecule has 1 aliphatic heterocycles. The van der Waals surface area contributed by atoms with Gasteiger partial charge in [-0.2, -0.15) is 0 Å². The van der Waals surface area contributed by atoms with E-state index in [1.54, 1.807) is 24.3 Å². The van der Waals surface area contributed by atoms with Crippen molar-refractivity contribution in [2.75, 3.05) is 25.7 Å². The summed E-state index contributed by atoms with van der Waals surface area (Å²) < 4.78 is 15.6. The summed E-state index contributed by atoms with van der Waals surface area (Å²) in [6.45, 7) is 1.48. The molecule has 0 N–H and O–H groups in total. The first-order chi connectivity index (χ1) is 15.2. The van der Waals surface area contributed by atoms with Crippen molar-refractivity contribution in [3.63, 3.8) is 0 Å². The Kier molecular flexibility index (Phi) is 6.72. The van der Waals surface area contributed by atoms with E-state index < -0.39 is 22.9 Å². The second-order valence-electron chi connectivity index (χ2n) is 7.19. The molecular weight excluding hydrogens is 420 g/mol. The maximum Gasteiger partial charge on any atom is 0.312 e. The second kappa shape index (κ2) is 9.46. The third kappa shape index (κ3) is 4.69. The molecular formula is C22H22N2O8. The van der Waals surface area contributed by atoms with E-state index >= 15 is 0 Å². The van der Waals surface area contributed by atoms with Gasteiger partial charge in [0.2, 0.25) is 11.7 Å². The standard InChI is InChI=1S/C22H22N2O8/c1-13(21(26)14-4-7-17(30-2)8-5-14)32-22(27)15-10-20(25)23(12-15)18-9-6-16(24(28)29)11-19(18)31-3/h4-9,11,13,15H,10,12H2,1-3H3/t13-,15+/m1/s1. The number of non-ortho nitro benzene ring substituents is 1. The van der Waals surface area contributed by atoms with Crippen molar-refractivity contribution in [1.29, 1.82) is 0 Å². The number of esters is 1. The van der Waals surface area contributed by atoms with Crippen molar-refractivity contribution in [3.8, 4) is 11.5 Å². The Morgan fingerprint density at radius 1 is 1.12 bits per heavy atom. The van der Waals surface area contributed by atoms with Crippen LogP contribution in [0.2, 0.25) is 0 Å². The lowest BCUT2D eigenvalue weighted by molar-refractivity contribution is -0.384. The van der Waals surface area contributed by atoms with E-state index in [-0.39, 0.29) is 36.1 Å². The minimum atomic E-state index is -1.03. The van der Waals surface area contributed by atoms with Crippen molar-refractivity contribution < 1.29 is 33.5 Å². The topological polar surface area (TPSA) is 125 Å². The van der Waals surface area contributed by atoms with E-state index in [2.05, 4.69) is 0 Å². The lowest BCUT2D eigenvalue weighted by Crippen LogP contribution is -2.30. The predicted octanol–water partition coefficient (Wildman–Crippen LogP) is 2.78. The Morgan fingerprint density at radius 3 is 2.41 bits per heavy atom. The first-order valence-corrected chi connectivity index (χ1v) is 9.76. The molecule has 0 bridgehead atoms. The number of benzene rings is 2. The summed E-state index contributed by atoms with van der Waals surface area (Å²) in [5.74, 6) is -1.45. The zero-order valence-corrected chi connectivity index (χ0v) is 17.8. The van der Waals surface area contributed by atoms with Gasteiger partial charge < -0.3 is 19.1 Å². The Labute approximate surface area is 183 Å². The van der Waals surface area contributed by atoms with Crippen LogP contribution in [0.1, 0.15) is 23.7 Å². The highest BCUT2D eigenvalue weighted by molar-refractivity contribution is 6.02. The first kappa shape index (κ1) is 22.7. The van der Waals surface area contributed by atoms with Crippen LogP contribution in [0.15, 0.2) is 42.5 Å². The van der Waals surface area contributed by atoms with E-state index in [0.29, 0.717) is 17.0 Å². The van der Waals surface area contributed by atoms with Gasteiger partial charge in [0.25, 0.3) is 5.69 Å². The van der Waals surface area contributed by atoms with Gasteiger partial charge in [-0.15, -0.1) is 0 Å². The third-order valence-corrected chi connectivity index (χ3v) is 5.16. The molecule has 3 rings (SSSR count). The highest BCUT2D eigenvalue weighted by atomic mass is 16.6. The summed E-state index contributed by atoms with van der Waals surface area (Å²) in [7, 11) is 2.85. The number of nitrogens with zero attached hydrogens (tertiary/aromatic N) is 2. The van der Waals surface area contributed by atoms with E-state index in [1.165, 1.54) is 44.2 Å². The van der Waals surface area contributed by atoms with Crippen molar-refractivity contribution in [2.45, 2.75) is 19.4 Å². The molecule has 0 radical (unpaired) electrons. The van der Waals surface area contributed by atoms with Gasteiger partial charge in [0.15, 0.2) is 6.10 Å². The number of nitro groups is 1. The van der Waals surface area contributed by atoms with Gasteiger partial charge in [-0.25, -0.2) is 0 Å². The summed E-state index contributed by atoms with van der Waals surface area (Å²) in [6.07, 6.45) is -1.14. The molecule has 1 amide bonds. The number of ether oxygens (including phenoxy) is 3. The SMILES string of the molecule is COc1ccc(C(=O)[C@@H](C)OC(=O)[C@H]2CC(=O)N(c3ccc([N+](=O)[O-])cc3OC)C2)cc1. The first-order valence-electron chi connectivity index (χ1n) is 9.76. The molecule has 1 saturated heterocycles. The Morgan fingerprint density at radius 2 is 1.81 bits per heavy atom. The molecule has 10 heteroatoms. The molecule has 0 unspecified atom stereocenters. The summed E-state index contributed by atoms with van der Waals surface area (Å²) in [5, 5.41) is 11.0. The van der Waals surface area contributed by atoms with Gasteiger partial charge >= 0.3 is 5.97 Å². The average Bonchev–Trinajstić information content (AvgIpc) is 3.19. The number of hydrogen-bond donors (Lipinski definition) is 0. The number of carbonyl (C=O) groups excluding carboxylic acids is 3. The molecule has 1 fully saturated rings. The van der Waals surface area contributed by atoms with Crippen LogP contribution in [0.4, 0.5) is 11.4 Å². The number of methoxy groups -OCH3 is 2. The maximum atomic E-state index is 12.6. The van der Waals surface area contributed by atoms with Crippen LogP contribution in [-0.2, 0) is 14.3 Å². The van der Waals surface area contributed by atoms with Crippen LogP contribution in [0.5, 0.6) is 11.5 Å². The molecule has 168 valence electrons. The molecule has 0 aliphatic carbocycles. The Hall–Kier alpha value is -3.95. The molecule has 2 aromatic carbocycles. The number of nitro benzene ring substituents is 1. The number of carbonyl (C=O) groups is 3. The third-order valence-electron chi connectivity index (χ3n) is 5.16. The lowest BCUT2D eigenvalue weighted by Gasteiger charge is -2.19. The van der Waals surface area contributed by atoms with Gasteiger partial charge in [-0.3, -0.25) is 24.5 Å². The molecule has 2 atom stereocenters. The van der Waals surface area contributed by atoms with Crippen molar-refractivity contribution in [1.82, 2.24) is 0 Å². The molecule has 0 saturated carbocycles. The Bertz CT molecular complexity index is 1050. The highest BCUT2D eigenvalue weighted by Gasteiger charge is 2.38. The summed E-state index contributed by atoms with van der Waals surface area (Å²) in [6, 6.07) is 10.3. The molecule has 1 aliphatic rings. The van der Waals surface area contributed by atoms with Crippen molar-refractivity contribution in [3.05, 3.63) is 58.1 Å². The van der Waals surface area contributed by atoms with Gasteiger partial charge in [0.1, 0.15) is 11.5 Å². The highest BCUT2D eigenvalue weighted by Crippen LogP contribution is 2.36. The smallest absolute Gasteiger partial charge is 0.312 e. The van der Waals surface area contributed by atoms with E-state index in [9.17, 15) is 24.5 Å². The quantitative estimate of drug-likeness (QED) is 0.264. The number of Topliss-reactive ketones (excluding diaryl/α,β-unsaturated/α-hetero) is 1. The predicted molar refractivity (Wildman–Crippen MR) is 113 cm³/mol. The van der Waals surface area contributed by atoms with Crippen LogP contribution < -0.4 is 14.4 Å². The fourth-order valence-electron chi connectivity index (χ4n) is 3.42. The fraction of sp³-hybridized carbons (Fsp3) is 0.318. The summed E-state index contributed by atoms with van der Waals surface area (Å²) in [4.78, 5) is 49.4. The molecule has 0 aromatic heterocycles. The van der Waals surface area contributed by atoms with Crippen LogP contribution in [0, 0.1) is 16.0 Å². The Balaban J connectivity index is 1.68. The van der Waals surface area contributed by atoms with E-state index in [4.69, 9.17) is 14.2 Å². The second-order valence-corrected chi connectivity index (χ2v) is 7.19. The normalized spacial score (nSPS) is 16.4. The fourth-order valence-corrected chi connectivity index (χ4v) is 3.42. The van der Waals surface area contributed by atoms with Gasteiger partial charge in [-0.05, 0) is 37.3 Å². The van der Waals surface area contributed by atoms with Crippen LogP contribution in [0.3, 0.4) is 0 Å². The molecule has 2 aromatic rings. The minimum Gasteiger partial charge on any atom is -0.497 e. The molecule has 1 heterocycles. The van der Waals surface area contributed by atoms with Crippen LogP contribution >= 0.6 is 0 Å². The number of amides is 1. The van der Waals surface area contributed by atoms with Crippen LogP contribution in [0.25, 0.3) is 0 Å². The van der Waals surface area contributed by atoms with Crippen LogP contribution in [-0.4, -0.2) is 49.5 Å². The van der Waals surface area contributed by atoms with Gasteiger partial charge in [0.05, 0.1) is 36.8 Å². The largest absolute Gasteiger partial charge is 0.497 e. The number of rotatable bonds is 8. The monoisotopic (exact) mass is 442 g/mol. The average molecular weight is 442 g/mol. The number of ketones is 1. The molecule has 32 heavy (non-hydrogen) atoms. The van der Waals surface area contributed by atoms with Gasteiger partial charge in [0, 0.05) is 24.6 Å². The number of hydrogen-bond acceptors (Lipinski definition) is 8. The summed E-state index contributed by atoms with van der Waals surface area (Å²) in [5.41, 5.74) is 0.505. The van der Waals surface area contributed by atoms with Crippen molar-refractivity contribution in [2.24, 2.45) is 5.92 Å². The number of anilines is 1. The minimum absolute atomic E-state index is 0.00921. The maximum absolute atomic E-state index is 12.6. The zero-order chi connectivity index (χ0) is 23.4. The lowest BCUT2D eigenvalue weighted by atomic mass is 10.1. The zero-order valence-electron chi connectivity index (χ0n) is 17.8. The molecule has 0 spiro atoms. The van der Waals surface area contributed by atoms with E-state index in [1.807, 2.05) is 0 Å². The van der Waals surface area contributed by atoms with E-state index in [0.717, 1.165) is 0 Å².